The van der Waals surface area contributed by atoms with Crippen molar-refractivity contribution in [3.05, 3.63) is 75.3 Å². The first-order valence-corrected chi connectivity index (χ1v) is 5.70. The topological polar surface area (TPSA) is 69.2 Å². The number of nitrogens with zero attached hydrogens (tertiary/aromatic N) is 1. The minimum absolute atomic E-state index is 0.122. The van der Waals surface area contributed by atoms with Crippen molar-refractivity contribution in [3.8, 4) is 0 Å². The minimum atomic E-state index is -0.389. The fraction of sp³-hybridized carbons (Fsp3) is 0.143. The Labute approximate surface area is 105 Å². The van der Waals surface area contributed by atoms with Crippen molar-refractivity contribution in [1.82, 2.24) is 0 Å². The average Bonchev–Trinajstić information content (AvgIpc) is 2.40. The van der Waals surface area contributed by atoms with Crippen LogP contribution in [0.2, 0.25) is 0 Å². The lowest BCUT2D eigenvalue weighted by Gasteiger charge is -2.03. The number of nitro groups is 1. The lowest BCUT2D eigenvalue weighted by atomic mass is 10.0. The summed E-state index contributed by atoms with van der Waals surface area (Å²) in [6, 6.07) is 14.7. The van der Waals surface area contributed by atoms with Crippen LogP contribution in [0, 0.1) is 10.1 Å². The summed E-state index contributed by atoms with van der Waals surface area (Å²) >= 11 is 0. The predicted octanol–water partition coefficient (Wildman–Crippen LogP) is 2.64. The van der Waals surface area contributed by atoms with E-state index in [1.165, 1.54) is 17.7 Å². The highest BCUT2D eigenvalue weighted by molar-refractivity contribution is 5.35. The van der Waals surface area contributed by atoms with Crippen molar-refractivity contribution in [2.24, 2.45) is 5.73 Å². The molecule has 0 amide bonds. The van der Waals surface area contributed by atoms with Crippen LogP contribution < -0.4 is 5.73 Å². The molecule has 0 aromatic heterocycles. The molecule has 18 heavy (non-hydrogen) atoms. The van der Waals surface area contributed by atoms with Crippen molar-refractivity contribution in [2.45, 2.75) is 13.0 Å². The summed E-state index contributed by atoms with van der Waals surface area (Å²) in [5.41, 5.74) is 8.98. The molecule has 0 radical (unpaired) electrons. The van der Waals surface area contributed by atoms with Crippen molar-refractivity contribution < 1.29 is 4.92 Å². The third-order valence-electron chi connectivity index (χ3n) is 2.81. The van der Waals surface area contributed by atoms with Crippen LogP contribution >= 0.6 is 0 Å². The third kappa shape index (κ3) is 2.93. The first-order valence-electron chi connectivity index (χ1n) is 5.70. The molecule has 0 aliphatic heterocycles. The van der Waals surface area contributed by atoms with E-state index in [2.05, 4.69) is 0 Å². The van der Waals surface area contributed by atoms with Crippen LogP contribution in [0.5, 0.6) is 0 Å². The summed E-state index contributed by atoms with van der Waals surface area (Å²) in [5, 5.41) is 10.5. The van der Waals surface area contributed by atoms with E-state index in [-0.39, 0.29) is 10.6 Å². The molecule has 0 atom stereocenters. The molecule has 0 spiro atoms. The van der Waals surface area contributed by atoms with Crippen molar-refractivity contribution in [1.29, 1.82) is 0 Å². The molecule has 92 valence electrons. The zero-order valence-electron chi connectivity index (χ0n) is 9.87. The van der Waals surface area contributed by atoms with Gasteiger partial charge in [-0.1, -0.05) is 36.4 Å². The molecule has 2 rings (SSSR count). The first-order chi connectivity index (χ1) is 8.69. The molecule has 0 fully saturated rings. The van der Waals surface area contributed by atoms with Gasteiger partial charge in [0.05, 0.1) is 4.92 Å². The third-order valence-corrected chi connectivity index (χ3v) is 2.81. The molecule has 0 unspecified atom stereocenters. The zero-order valence-corrected chi connectivity index (χ0v) is 9.87. The monoisotopic (exact) mass is 242 g/mol. The largest absolute Gasteiger partial charge is 0.326 e. The Balaban J connectivity index is 2.10. The van der Waals surface area contributed by atoms with E-state index in [1.807, 2.05) is 24.3 Å². The van der Waals surface area contributed by atoms with Crippen LogP contribution in [0.1, 0.15) is 16.7 Å². The average molecular weight is 242 g/mol. The second-order valence-corrected chi connectivity index (χ2v) is 4.12. The molecule has 0 heterocycles. The molecule has 2 aromatic rings. The molecule has 0 aliphatic rings. The molecule has 0 saturated carbocycles. The Kier molecular flexibility index (Phi) is 3.69. The van der Waals surface area contributed by atoms with Crippen molar-refractivity contribution in [3.63, 3.8) is 0 Å². The van der Waals surface area contributed by atoms with Gasteiger partial charge in [-0.2, -0.15) is 0 Å². The first kappa shape index (κ1) is 12.3. The molecule has 0 bridgehead atoms. The highest BCUT2D eigenvalue weighted by Gasteiger charge is 2.04. The van der Waals surface area contributed by atoms with Crippen LogP contribution in [-0.2, 0) is 13.0 Å². The maximum Gasteiger partial charge on any atom is 0.269 e. The van der Waals surface area contributed by atoms with E-state index in [9.17, 15) is 10.1 Å². The molecule has 4 heteroatoms. The van der Waals surface area contributed by atoms with E-state index in [0.717, 1.165) is 17.5 Å². The van der Waals surface area contributed by atoms with E-state index < -0.39 is 0 Å². The van der Waals surface area contributed by atoms with E-state index in [4.69, 9.17) is 5.73 Å². The van der Waals surface area contributed by atoms with Gasteiger partial charge in [-0.05, 0) is 23.1 Å². The minimum Gasteiger partial charge on any atom is -0.326 e. The summed E-state index contributed by atoms with van der Waals surface area (Å²) in [5.74, 6) is 0. The van der Waals surface area contributed by atoms with Gasteiger partial charge in [0.2, 0.25) is 0 Å². The van der Waals surface area contributed by atoms with E-state index in [1.54, 1.807) is 12.1 Å². The highest BCUT2D eigenvalue weighted by Crippen LogP contribution is 2.15. The standard InChI is InChI=1S/C14H14N2O2/c15-10-13-3-1-11(2-4-13)9-12-5-7-14(8-6-12)16(17)18/h1-8H,9-10,15H2. The molecule has 4 nitrogen and oxygen atoms in total. The summed E-state index contributed by atoms with van der Waals surface area (Å²) in [6.45, 7) is 0.539. The number of benzene rings is 2. The number of hydrogen-bond donors (Lipinski definition) is 1. The molecule has 2 N–H and O–H groups in total. The van der Waals surface area contributed by atoms with Gasteiger partial charge >= 0.3 is 0 Å². The Morgan fingerprint density at radius 1 is 0.889 bits per heavy atom. The van der Waals surface area contributed by atoms with Crippen LogP contribution in [-0.4, -0.2) is 4.92 Å². The smallest absolute Gasteiger partial charge is 0.269 e. The van der Waals surface area contributed by atoms with Gasteiger partial charge in [-0.3, -0.25) is 10.1 Å². The second kappa shape index (κ2) is 5.42. The quantitative estimate of drug-likeness (QED) is 0.662. The summed E-state index contributed by atoms with van der Waals surface area (Å²) in [7, 11) is 0. The van der Waals surface area contributed by atoms with Gasteiger partial charge < -0.3 is 5.73 Å². The van der Waals surface area contributed by atoms with Gasteiger partial charge in [0.15, 0.2) is 0 Å². The second-order valence-electron chi connectivity index (χ2n) is 4.12. The van der Waals surface area contributed by atoms with Crippen LogP contribution in [0.3, 0.4) is 0 Å². The van der Waals surface area contributed by atoms with Gasteiger partial charge in [0.1, 0.15) is 0 Å². The number of non-ortho nitro benzene ring substituents is 1. The number of nitro benzene ring substituents is 1. The Bertz CT molecular complexity index is 533. The molecule has 0 aliphatic carbocycles. The molecule has 0 saturated heterocycles. The van der Waals surface area contributed by atoms with E-state index in [0.29, 0.717) is 6.54 Å². The Morgan fingerprint density at radius 2 is 1.33 bits per heavy atom. The fourth-order valence-electron chi connectivity index (χ4n) is 1.76. The lowest BCUT2D eigenvalue weighted by molar-refractivity contribution is -0.384. The summed E-state index contributed by atoms with van der Waals surface area (Å²) in [6.07, 6.45) is 0.767. The number of hydrogen-bond acceptors (Lipinski definition) is 3. The SMILES string of the molecule is NCc1ccc(Cc2ccc([N+](=O)[O-])cc2)cc1. The van der Waals surface area contributed by atoms with Gasteiger partial charge in [-0.15, -0.1) is 0 Å². The van der Waals surface area contributed by atoms with Gasteiger partial charge in [-0.25, -0.2) is 0 Å². The van der Waals surface area contributed by atoms with Crippen LogP contribution in [0.25, 0.3) is 0 Å². The molecular weight excluding hydrogens is 228 g/mol. The zero-order chi connectivity index (χ0) is 13.0. The maximum absolute atomic E-state index is 10.5. The number of rotatable bonds is 4. The van der Waals surface area contributed by atoms with Crippen LogP contribution in [0.15, 0.2) is 48.5 Å². The van der Waals surface area contributed by atoms with E-state index >= 15 is 0 Å². The normalized spacial score (nSPS) is 10.3. The fourth-order valence-corrected chi connectivity index (χ4v) is 1.76. The van der Waals surface area contributed by atoms with Gasteiger partial charge in [0, 0.05) is 18.7 Å². The van der Waals surface area contributed by atoms with Crippen LogP contribution in [0.4, 0.5) is 5.69 Å². The summed E-state index contributed by atoms with van der Waals surface area (Å²) < 4.78 is 0. The van der Waals surface area contributed by atoms with Crippen molar-refractivity contribution in [2.75, 3.05) is 0 Å². The number of nitrogens with two attached hydrogens (primary N) is 1. The predicted molar refractivity (Wildman–Crippen MR) is 70.2 cm³/mol. The Morgan fingerprint density at radius 3 is 1.78 bits per heavy atom. The maximum atomic E-state index is 10.5. The Hall–Kier alpha value is -2.20. The molecular formula is C14H14N2O2. The van der Waals surface area contributed by atoms with Gasteiger partial charge in [0.25, 0.3) is 5.69 Å². The highest BCUT2D eigenvalue weighted by atomic mass is 16.6. The van der Waals surface area contributed by atoms with Crippen molar-refractivity contribution >= 4 is 5.69 Å². The molecule has 2 aromatic carbocycles. The lowest BCUT2D eigenvalue weighted by Crippen LogP contribution is -1.96. The summed E-state index contributed by atoms with van der Waals surface area (Å²) in [4.78, 5) is 10.1.